The summed E-state index contributed by atoms with van der Waals surface area (Å²) in [7, 11) is 0. The highest BCUT2D eigenvalue weighted by molar-refractivity contribution is 5.95. The van der Waals surface area contributed by atoms with E-state index < -0.39 is 16.6 Å². The van der Waals surface area contributed by atoms with Gasteiger partial charge < -0.3 is 4.90 Å². The van der Waals surface area contributed by atoms with Gasteiger partial charge in [-0.15, -0.1) is 0 Å². The first-order valence-electron chi connectivity index (χ1n) is 6.35. The van der Waals surface area contributed by atoms with E-state index in [4.69, 9.17) is 5.26 Å². The number of nitriles is 1. The fourth-order valence-corrected chi connectivity index (χ4v) is 2.17. The van der Waals surface area contributed by atoms with Crippen LogP contribution in [0.1, 0.15) is 10.4 Å². The van der Waals surface area contributed by atoms with E-state index in [1.807, 2.05) is 11.0 Å². The van der Waals surface area contributed by atoms with Crippen LogP contribution in [0, 0.1) is 27.3 Å². The van der Waals surface area contributed by atoms with E-state index in [2.05, 4.69) is 0 Å². The molecular formula is C13H13FN4O3. The molecule has 0 aliphatic carbocycles. The summed E-state index contributed by atoms with van der Waals surface area (Å²) in [4.78, 5) is 25.6. The molecule has 8 heteroatoms. The van der Waals surface area contributed by atoms with Crippen LogP contribution in [0.25, 0.3) is 0 Å². The summed E-state index contributed by atoms with van der Waals surface area (Å²) in [5.74, 6) is -1.34. The molecule has 0 aromatic heterocycles. The lowest BCUT2D eigenvalue weighted by molar-refractivity contribution is -0.384. The van der Waals surface area contributed by atoms with Crippen molar-refractivity contribution < 1.29 is 14.1 Å². The van der Waals surface area contributed by atoms with Gasteiger partial charge in [0.2, 0.25) is 0 Å². The quantitative estimate of drug-likeness (QED) is 0.471. The summed E-state index contributed by atoms with van der Waals surface area (Å²) in [5.41, 5.74) is -0.610. The van der Waals surface area contributed by atoms with Crippen molar-refractivity contribution in [1.29, 1.82) is 5.26 Å². The molecule has 2 rings (SSSR count). The summed E-state index contributed by atoms with van der Waals surface area (Å²) < 4.78 is 13.7. The maximum atomic E-state index is 13.7. The van der Waals surface area contributed by atoms with Gasteiger partial charge in [0, 0.05) is 38.3 Å². The Morgan fingerprint density at radius 3 is 2.62 bits per heavy atom. The van der Waals surface area contributed by atoms with E-state index in [1.54, 1.807) is 0 Å². The predicted molar refractivity (Wildman–Crippen MR) is 71.0 cm³/mol. The maximum absolute atomic E-state index is 13.7. The number of carbonyl (C=O) groups excluding carboxylic acids is 1. The van der Waals surface area contributed by atoms with Gasteiger partial charge in [0.1, 0.15) is 5.82 Å². The molecule has 1 aliphatic rings. The van der Waals surface area contributed by atoms with Crippen LogP contribution < -0.4 is 0 Å². The van der Waals surface area contributed by atoms with Gasteiger partial charge in [0.25, 0.3) is 11.6 Å². The minimum absolute atomic E-state index is 0.285. The molecular weight excluding hydrogens is 279 g/mol. The zero-order chi connectivity index (χ0) is 15.4. The van der Waals surface area contributed by atoms with Gasteiger partial charge in [-0.05, 0) is 6.07 Å². The molecule has 110 valence electrons. The fraction of sp³-hybridized carbons (Fsp3) is 0.385. The van der Waals surface area contributed by atoms with Crippen molar-refractivity contribution in [3.05, 3.63) is 39.7 Å². The van der Waals surface area contributed by atoms with Gasteiger partial charge in [0.05, 0.1) is 23.1 Å². The highest BCUT2D eigenvalue weighted by Gasteiger charge is 2.25. The van der Waals surface area contributed by atoms with Crippen molar-refractivity contribution in [2.24, 2.45) is 0 Å². The third-order valence-electron chi connectivity index (χ3n) is 3.34. The number of nitrogens with zero attached hydrogens (tertiary/aromatic N) is 4. The number of benzene rings is 1. The Bertz CT molecular complexity index is 606. The molecule has 0 N–H and O–H groups in total. The number of piperazine rings is 1. The number of amides is 1. The van der Waals surface area contributed by atoms with Gasteiger partial charge in [-0.25, -0.2) is 4.39 Å². The molecule has 21 heavy (non-hydrogen) atoms. The molecule has 1 fully saturated rings. The minimum Gasteiger partial charge on any atom is -0.336 e. The van der Waals surface area contributed by atoms with E-state index in [0.29, 0.717) is 26.2 Å². The lowest BCUT2D eigenvalue weighted by Crippen LogP contribution is -2.48. The average molecular weight is 292 g/mol. The highest BCUT2D eigenvalue weighted by Crippen LogP contribution is 2.19. The molecule has 0 unspecified atom stereocenters. The first-order valence-corrected chi connectivity index (χ1v) is 6.35. The standard InChI is InChI=1S/C13H13FN4O3/c14-12-2-1-10(18(20)21)9-11(12)13(19)17-7-5-16(4-3-15)6-8-17/h1-2,9H,4-8H2. The van der Waals surface area contributed by atoms with Crippen molar-refractivity contribution in [1.82, 2.24) is 9.80 Å². The summed E-state index contributed by atoms with van der Waals surface area (Å²) in [6, 6.07) is 4.94. The van der Waals surface area contributed by atoms with Gasteiger partial charge in [0.15, 0.2) is 0 Å². The van der Waals surface area contributed by atoms with Crippen molar-refractivity contribution >= 4 is 11.6 Å². The van der Waals surface area contributed by atoms with Crippen LogP contribution in [0.5, 0.6) is 0 Å². The van der Waals surface area contributed by atoms with E-state index in [0.717, 1.165) is 18.2 Å². The number of nitro groups is 1. The van der Waals surface area contributed by atoms with Crippen molar-refractivity contribution in [3.63, 3.8) is 0 Å². The third kappa shape index (κ3) is 3.32. The summed E-state index contributed by atoms with van der Waals surface area (Å²) in [6.07, 6.45) is 0. The number of hydrogen-bond donors (Lipinski definition) is 0. The second kappa shape index (κ2) is 6.28. The number of rotatable bonds is 3. The number of non-ortho nitro benzene ring substituents is 1. The second-order valence-electron chi connectivity index (χ2n) is 4.65. The van der Waals surface area contributed by atoms with Crippen LogP contribution in [0.3, 0.4) is 0 Å². The summed E-state index contributed by atoms with van der Waals surface area (Å²) in [5, 5.41) is 19.3. The molecule has 1 aromatic rings. The van der Waals surface area contributed by atoms with Gasteiger partial charge in [-0.1, -0.05) is 0 Å². The fourth-order valence-electron chi connectivity index (χ4n) is 2.17. The molecule has 7 nitrogen and oxygen atoms in total. The van der Waals surface area contributed by atoms with E-state index in [1.165, 1.54) is 4.90 Å². The molecule has 0 saturated carbocycles. The lowest BCUT2D eigenvalue weighted by atomic mass is 10.1. The maximum Gasteiger partial charge on any atom is 0.270 e. The van der Waals surface area contributed by atoms with Crippen LogP contribution >= 0.6 is 0 Å². The monoisotopic (exact) mass is 292 g/mol. The van der Waals surface area contributed by atoms with Crippen LogP contribution in [-0.4, -0.2) is 53.4 Å². The Labute approximate surface area is 120 Å². The van der Waals surface area contributed by atoms with Crippen molar-refractivity contribution in [2.75, 3.05) is 32.7 Å². The lowest BCUT2D eigenvalue weighted by Gasteiger charge is -2.33. The first kappa shape index (κ1) is 14.9. The SMILES string of the molecule is N#CCN1CCN(C(=O)c2cc([N+](=O)[O-])ccc2F)CC1. The Kier molecular flexibility index (Phi) is 4.45. The third-order valence-corrected chi connectivity index (χ3v) is 3.34. The Morgan fingerprint density at radius 1 is 1.38 bits per heavy atom. The Hall–Kier alpha value is -2.53. The van der Waals surface area contributed by atoms with Crippen LogP contribution in [0.4, 0.5) is 10.1 Å². The zero-order valence-corrected chi connectivity index (χ0v) is 11.2. The number of carbonyl (C=O) groups is 1. The summed E-state index contributed by atoms with van der Waals surface area (Å²) >= 11 is 0. The highest BCUT2D eigenvalue weighted by atomic mass is 19.1. The van der Waals surface area contributed by atoms with Crippen LogP contribution in [-0.2, 0) is 0 Å². The van der Waals surface area contributed by atoms with E-state index in [9.17, 15) is 19.3 Å². The van der Waals surface area contributed by atoms with Gasteiger partial charge in [-0.2, -0.15) is 5.26 Å². The molecule has 1 aromatic carbocycles. The average Bonchev–Trinajstić information content (AvgIpc) is 2.48. The van der Waals surface area contributed by atoms with Crippen LogP contribution in [0.15, 0.2) is 18.2 Å². The topological polar surface area (TPSA) is 90.5 Å². The number of halogens is 1. The predicted octanol–water partition coefficient (Wildman–Crippen LogP) is 1.02. The Morgan fingerprint density at radius 2 is 2.05 bits per heavy atom. The normalized spacial score (nSPS) is 15.5. The van der Waals surface area contributed by atoms with Crippen LogP contribution in [0.2, 0.25) is 0 Å². The molecule has 0 atom stereocenters. The molecule has 1 aliphatic heterocycles. The Balaban J connectivity index is 2.12. The van der Waals surface area contributed by atoms with Gasteiger partial charge >= 0.3 is 0 Å². The number of hydrogen-bond acceptors (Lipinski definition) is 5. The minimum atomic E-state index is -0.773. The smallest absolute Gasteiger partial charge is 0.270 e. The van der Waals surface area contributed by atoms with E-state index >= 15 is 0 Å². The molecule has 0 radical (unpaired) electrons. The molecule has 0 spiro atoms. The zero-order valence-electron chi connectivity index (χ0n) is 11.2. The van der Waals surface area contributed by atoms with Crippen molar-refractivity contribution in [3.8, 4) is 6.07 Å². The first-order chi connectivity index (χ1) is 10.0. The van der Waals surface area contributed by atoms with E-state index in [-0.39, 0.29) is 17.8 Å². The second-order valence-corrected chi connectivity index (χ2v) is 4.65. The van der Waals surface area contributed by atoms with Crippen molar-refractivity contribution in [2.45, 2.75) is 0 Å². The molecule has 1 heterocycles. The largest absolute Gasteiger partial charge is 0.336 e. The molecule has 1 saturated heterocycles. The molecule has 1 amide bonds. The van der Waals surface area contributed by atoms with Gasteiger partial charge in [-0.3, -0.25) is 19.8 Å². The summed E-state index contributed by atoms with van der Waals surface area (Å²) in [6.45, 7) is 2.06. The molecule has 0 bridgehead atoms. The number of nitro benzene ring substituents is 1.